The fourth-order valence-electron chi connectivity index (χ4n) is 2.41. The molecule has 0 radical (unpaired) electrons. The van der Waals surface area contributed by atoms with E-state index in [-0.39, 0.29) is 5.91 Å². The van der Waals surface area contributed by atoms with Gasteiger partial charge in [0, 0.05) is 18.1 Å². The van der Waals surface area contributed by atoms with E-state index >= 15 is 0 Å². The van der Waals surface area contributed by atoms with Gasteiger partial charge in [-0.25, -0.2) is 0 Å². The van der Waals surface area contributed by atoms with Gasteiger partial charge in [-0.3, -0.25) is 4.79 Å². The molecule has 0 saturated carbocycles. The van der Waals surface area contributed by atoms with Crippen LogP contribution < -0.4 is 5.73 Å². The van der Waals surface area contributed by atoms with E-state index in [0.717, 1.165) is 11.1 Å². The van der Waals surface area contributed by atoms with Crippen LogP contribution in [0.3, 0.4) is 0 Å². The van der Waals surface area contributed by atoms with Crippen LogP contribution in [0.5, 0.6) is 0 Å². The normalized spacial score (nSPS) is 11.7. The van der Waals surface area contributed by atoms with Gasteiger partial charge < -0.3 is 10.6 Å². The molecular formula is C19H21ClN2O. The smallest absolute Gasteiger partial charge is 0.240 e. The quantitative estimate of drug-likeness (QED) is 0.791. The molecule has 0 aliphatic rings. The lowest BCUT2D eigenvalue weighted by Gasteiger charge is -2.25. The van der Waals surface area contributed by atoms with Gasteiger partial charge in [0.2, 0.25) is 5.91 Å². The summed E-state index contributed by atoms with van der Waals surface area (Å²) < 4.78 is 0. The van der Waals surface area contributed by atoms with Crippen LogP contribution in [0.25, 0.3) is 0 Å². The van der Waals surface area contributed by atoms with E-state index in [4.69, 9.17) is 17.3 Å². The first kappa shape index (κ1) is 17.3. The Hall–Kier alpha value is -2.10. The molecule has 0 heterocycles. The van der Waals surface area contributed by atoms with Gasteiger partial charge in [0.1, 0.15) is 0 Å². The maximum absolute atomic E-state index is 12.7. The second kappa shape index (κ2) is 8.51. The third-order valence-corrected chi connectivity index (χ3v) is 3.96. The number of carbonyl (C=O) groups excluding carboxylic acids is 1. The van der Waals surface area contributed by atoms with E-state index < -0.39 is 6.04 Å². The van der Waals surface area contributed by atoms with Crippen LogP contribution in [0, 0.1) is 0 Å². The molecule has 0 saturated heterocycles. The fourth-order valence-corrected chi connectivity index (χ4v) is 2.61. The summed E-state index contributed by atoms with van der Waals surface area (Å²) >= 11 is 6.19. The molecule has 0 spiro atoms. The van der Waals surface area contributed by atoms with Gasteiger partial charge in [-0.2, -0.15) is 0 Å². The predicted molar refractivity (Wildman–Crippen MR) is 95.2 cm³/mol. The Bertz CT molecular complexity index is 657. The average Bonchev–Trinajstić information content (AvgIpc) is 2.56. The van der Waals surface area contributed by atoms with Gasteiger partial charge in [-0.15, -0.1) is 6.58 Å². The number of carbonyl (C=O) groups is 1. The van der Waals surface area contributed by atoms with Crippen molar-refractivity contribution in [2.75, 3.05) is 6.54 Å². The Morgan fingerprint density at radius 3 is 2.48 bits per heavy atom. The van der Waals surface area contributed by atoms with Crippen LogP contribution in [0.2, 0.25) is 5.02 Å². The van der Waals surface area contributed by atoms with Gasteiger partial charge >= 0.3 is 0 Å². The first-order chi connectivity index (χ1) is 11.1. The molecule has 2 rings (SSSR count). The molecule has 23 heavy (non-hydrogen) atoms. The molecule has 2 aromatic rings. The molecule has 3 nitrogen and oxygen atoms in total. The number of benzene rings is 2. The van der Waals surface area contributed by atoms with Gasteiger partial charge in [0.05, 0.1) is 6.04 Å². The third kappa shape index (κ3) is 4.95. The Morgan fingerprint density at radius 1 is 1.17 bits per heavy atom. The molecule has 0 fully saturated rings. The number of hydrogen-bond acceptors (Lipinski definition) is 2. The molecule has 1 amide bonds. The number of hydrogen-bond donors (Lipinski definition) is 1. The fraction of sp³-hybridized carbons (Fsp3) is 0.211. The molecule has 1 atom stereocenters. The number of nitrogens with two attached hydrogens (primary N) is 1. The second-order valence-corrected chi connectivity index (χ2v) is 5.80. The van der Waals surface area contributed by atoms with Gasteiger partial charge in [0.15, 0.2) is 0 Å². The summed E-state index contributed by atoms with van der Waals surface area (Å²) in [6, 6.07) is 16.7. The van der Waals surface area contributed by atoms with Crippen molar-refractivity contribution in [2.24, 2.45) is 5.73 Å². The summed E-state index contributed by atoms with van der Waals surface area (Å²) in [5.74, 6) is -0.103. The zero-order valence-electron chi connectivity index (χ0n) is 13.0. The van der Waals surface area contributed by atoms with Crippen molar-refractivity contribution >= 4 is 17.5 Å². The number of rotatable bonds is 7. The lowest BCUT2D eigenvalue weighted by molar-refractivity contribution is -0.132. The zero-order valence-corrected chi connectivity index (χ0v) is 13.7. The maximum Gasteiger partial charge on any atom is 0.240 e. The second-order valence-electron chi connectivity index (χ2n) is 5.40. The van der Waals surface area contributed by atoms with Crippen LogP contribution in [0.15, 0.2) is 67.3 Å². The number of amides is 1. The molecule has 120 valence electrons. The minimum atomic E-state index is -0.583. The summed E-state index contributed by atoms with van der Waals surface area (Å²) in [5, 5.41) is 0.644. The molecule has 0 unspecified atom stereocenters. The van der Waals surface area contributed by atoms with Gasteiger partial charge in [0.25, 0.3) is 0 Å². The van der Waals surface area contributed by atoms with Gasteiger partial charge in [-0.05, 0) is 23.6 Å². The van der Waals surface area contributed by atoms with Crippen molar-refractivity contribution in [2.45, 2.75) is 19.0 Å². The SMILES string of the molecule is C=CCN(Cc1ccccc1Cl)C(=O)[C@H](N)Cc1ccccc1. The summed E-state index contributed by atoms with van der Waals surface area (Å²) in [4.78, 5) is 14.3. The Kier molecular flexibility index (Phi) is 6.39. The highest BCUT2D eigenvalue weighted by Crippen LogP contribution is 2.17. The molecule has 0 aliphatic heterocycles. The van der Waals surface area contributed by atoms with Crippen molar-refractivity contribution in [1.29, 1.82) is 0 Å². The van der Waals surface area contributed by atoms with E-state index in [0.29, 0.717) is 24.5 Å². The summed E-state index contributed by atoms with van der Waals surface area (Å²) in [6.07, 6.45) is 2.21. The Labute approximate surface area is 142 Å². The van der Waals surface area contributed by atoms with Crippen molar-refractivity contribution < 1.29 is 4.79 Å². The first-order valence-electron chi connectivity index (χ1n) is 7.54. The first-order valence-corrected chi connectivity index (χ1v) is 7.92. The highest BCUT2D eigenvalue weighted by Gasteiger charge is 2.21. The predicted octanol–water partition coefficient (Wildman–Crippen LogP) is 3.42. The molecular weight excluding hydrogens is 308 g/mol. The molecule has 2 aromatic carbocycles. The molecule has 0 aliphatic carbocycles. The van der Waals surface area contributed by atoms with Crippen LogP contribution in [-0.4, -0.2) is 23.4 Å². The Balaban J connectivity index is 2.08. The largest absolute Gasteiger partial charge is 0.333 e. The minimum Gasteiger partial charge on any atom is -0.333 e. The molecule has 4 heteroatoms. The van der Waals surface area contributed by atoms with E-state index in [1.165, 1.54) is 0 Å². The highest BCUT2D eigenvalue weighted by molar-refractivity contribution is 6.31. The average molecular weight is 329 g/mol. The van der Waals surface area contributed by atoms with Crippen molar-refractivity contribution in [3.63, 3.8) is 0 Å². The van der Waals surface area contributed by atoms with E-state index in [2.05, 4.69) is 6.58 Å². The summed E-state index contributed by atoms with van der Waals surface area (Å²) in [5.41, 5.74) is 8.06. The third-order valence-electron chi connectivity index (χ3n) is 3.60. The van der Waals surface area contributed by atoms with Crippen molar-refractivity contribution in [1.82, 2.24) is 4.90 Å². The van der Waals surface area contributed by atoms with E-state index in [9.17, 15) is 4.79 Å². The number of nitrogens with zero attached hydrogens (tertiary/aromatic N) is 1. The van der Waals surface area contributed by atoms with E-state index in [1.807, 2.05) is 54.6 Å². The van der Waals surface area contributed by atoms with Crippen molar-refractivity contribution in [3.05, 3.63) is 83.4 Å². The lowest BCUT2D eigenvalue weighted by atomic mass is 10.1. The Morgan fingerprint density at radius 2 is 1.83 bits per heavy atom. The summed E-state index contributed by atoms with van der Waals surface area (Å²) in [7, 11) is 0. The van der Waals surface area contributed by atoms with E-state index in [1.54, 1.807) is 11.0 Å². The monoisotopic (exact) mass is 328 g/mol. The van der Waals surface area contributed by atoms with Crippen LogP contribution in [-0.2, 0) is 17.8 Å². The minimum absolute atomic E-state index is 0.103. The number of halogens is 1. The zero-order chi connectivity index (χ0) is 16.7. The molecule has 2 N–H and O–H groups in total. The topological polar surface area (TPSA) is 46.3 Å². The maximum atomic E-state index is 12.7. The van der Waals surface area contributed by atoms with Gasteiger partial charge in [-0.1, -0.05) is 66.2 Å². The molecule has 0 aromatic heterocycles. The highest BCUT2D eigenvalue weighted by atomic mass is 35.5. The van der Waals surface area contributed by atoms with Crippen LogP contribution >= 0.6 is 11.6 Å². The summed E-state index contributed by atoms with van der Waals surface area (Å²) in [6.45, 7) is 4.58. The van der Waals surface area contributed by atoms with Crippen molar-refractivity contribution in [3.8, 4) is 0 Å². The van der Waals surface area contributed by atoms with Crippen LogP contribution in [0.1, 0.15) is 11.1 Å². The van der Waals surface area contributed by atoms with Crippen LogP contribution in [0.4, 0.5) is 0 Å². The molecule has 0 bridgehead atoms. The standard InChI is InChI=1S/C19H21ClN2O/c1-2-12-22(14-16-10-6-7-11-17(16)20)19(23)18(21)13-15-8-4-3-5-9-15/h2-11,18H,1,12-14,21H2/t18-/m1/s1. The lowest BCUT2D eigenvalue weighted by Crippen LogP contribution is -2.44.